The summed E-state index contributed by atoms with van der Waals surface area (Å²) in [4.78, 5) is 13.5. The summed E-state index contributed by atoms with van der Waals surface area (Å²) >= 11 is 0. The Kier molecular flexibility index (Phi) is 5.63. The van der Waals surface area contributed by atoms with Crippen molar-refractivity contribution in [1.82, 2.24) is 15.0 Å². The van der Waals surface area contributed by atoms with Gasteiger partial charge < -0.3 is 10.6 Å². The molecule has 0 bridgehead atoms. The molecule has 0 saturated heterocycles. The Morgan fingerprint density at radius 1 is 0.929 bits per heavy atom. The predicted molar refractivity (Wildman–Crippen MR) is 117 cm³/mol. The molecule has 0 aliphatic heterocycles. The van der Waals surface area contributed by atoms with Gasteiger partial charge in [-0.25, -0.2) is 4.98 Å². The molecule has 2 N–H and O–H groups in total. The first-order valence-corrected chi connectivity index (χ1v) is 9.66. The van der Waals surface area contributed by atoms with Crippen LogP contribution in [0.3, 0.4) is 0 Å². The van der Waals surface area contributed by atoms with Crippen LogP contribution in [0.25, 0.3) is 11.3 Å². The van der Waals surface area contributed by atoms with Gasteiger partial charge in [0.25, 0.3) is 0 Å². The third-order valence-corrected chi connectivity index (χ3v) is 4.35. The van der Waals surface area contributed by atoms with Crippen LogP contribution in [-0.4, -0.2) is 20.5 Å². The summed E-state index contributed by atoms with van der Waals surface area (Å²) < 4.78 is 0. The van der Waals surface area contributed by atoms with Crippen LogP contribution in [0.15, 0.2) is 48.8 Å². The number of pyridine rings is 1. The highest BCUT2D eigenvalue weighted by atomic mass is 15.2. The highest BCUT2D eigenvalue weighted by Crippen LogP contribution is 2.27. The number of hydrogen-bond acceptors (Lipinski definition) is 5. The summed E-state index contributed by atoms with van der Waals surface area (Å²) in [5, 5.41) is 6.82. The quantitative estimate of drug-likeness (QED) is 0.579. The Morgan fingerprint density at radius 2 is 1.64 bits per heavy atom. The van der Waals surface area contributed by atoms with Gasteiger partial charge in [0, 0.05) is 35.2 Å². The van der Waals surface area contributed by atoms with E-state index in [4.69, 9.17) is 4.98 Å². The second kappa shape index (κ2) is 7.97. The lowest BCUT2D eigenvalue weighted by Gasteiger charge is -2.21. The van der Waals surface area contributed by atoms with Crippen molar-refractivity contribution in [2.75, 3.05) is 10.6 Å². The van der Waals surface area contributed by atoms with Gasteiger partial charge in [-0.05, 0) is 69.0 Å². The molecule has 3 aromatic rings. The highest BCUT2D eigenvalue weighted by molar-refractivity contribution is 5.67. The fraction of sp³-hybridized carbons (Fsp3) is 0.348. The smallest absolute Gasteiger partial charge is 0.225 e. The second-order valence-corrected chi connectivity index (χ2v) is 8.42. The zero-order valence-electron chi connectivity index (χ0n) is 17.5. The zero-order valence-corrected chi connectivity index (χ0v) is 17.5. The molecule has 5 heteroatoms. The van der Waals surface area contributed by atoms with Gasteiger partial charge in [0.2, 0.25) is 5.95 Å². The summed E-state index contributed by atoms with van der Waals surface area (Å²) in [5.74, 6) is 1.86. The van der Waals surface area contributed by atoms with Crippen LogP contribution in [0.4, 0.5) is 17.5 Å². The molecule has 2 heterocycles. The number of rotatable bonds is 5. The summed E-state index contributed by atoms with van der Waals surface area (Å²) in [6.45, 7) is 12.9. The topological polar surface area (TPSA) is 62.7 Å². The standard InChI is InChI=1S/C23H29N5/c1-15(2)19-8-7-18(13-16(19)3)25-21-14-20(17-9-11-24-12-10-17)26-22(27-21)28-23(4,5)6/h7-15H,1-6H3,(H2,25,26,27,28). The molecular formula is C23H29N5. The molecule has 0 unspecified atom stereocenters. The van der Waals surface area contributed by atoms with E-state index in [2.05, 4.69) is 80.3 Å². The number of aromatic nitrogens is 3. The van der Waals surface area contributed by atoms with Crippen molar-refractivity contribution < 1.29 is 0 Å². The maximum Gasteiger partial charge on any atom is 0.225 e. The Labute approximate surface area is 167 Å². The van der Waals surface area contributed by atoms with Gasteiger partial charge >= 0.3 is 0 Å². The minimum absolute atomic E-state index is 0.135. The number of nitrogens with one attached hydrogen (secondary N) is 2. The normalized spacial score (nSPS) is 11.5. The van der Waals surface area contributed by atoms with Crippen LogP contribution in [0.5, 0.6) is 0 Å². The van der Waals surface area contributed by atoms with E-state index in [0.29, 0.717) is 11.9 Å². The molecule has 0 spiro atoms. The molecular weight excluding hydrogens is 346 g/mol. The molecule has 2 aromatic heterocycles. The van der Waals surface area contributed by atoms with Gasteiger partial charge in [-0.3, -0.25) is 4.98 Å². The molecule has 146 valence electrons. The largest absolute Gasteiger partial charge is 0.350 e. The average Bonchev–Trinajstić information content (AvgIpc) is 2.60. The first-order chi connectivity index (χ1) is 13.2. The minimum atomic E-state index is -0.135. The molecule has 28 heavy (non-hydrogen) atoms. The van der Waals surface area contributed by atoms with Crippen molar-refractivity contribution in [1.29, 1.82) is 0 Å². The van der Waals surface area contributed by atoms with E-state index in [0.717, 1.165) is 22.8 Å². The van der Waals surface area contributed by atoms with E-state index in [1.165, 1.54) is 11.1 Å². The summed E-state index contributed by atoms with van der Waals surface area (Å²) in [7, 11) is 0. The average molecular weight is 376 g/mol. The first-order valence-electron chi connectivity index (χ1n) is 9.66. The molecule has 0 amide bonds. The highest BCUT2D eigenvalue weighted by Gasteiger charge is 2.14. The Balaban J connectivity index is 1.97. The molecule has 0 saturated carbocycles. The van der Waals surface area contributed by atoms with Crippen LogP contribution in [0.1, 0.15) is 51.7 Å². The van der Waals surface area contributed by atoms with Gasteiger partial charge in [0.1, 0.15) is 5.82 Å². The SMILES string of the molecule is Cc1cc(Nc2cc(-c3ccncc3)nc(NC(C)(C)C)n2)ccc1C(C)C. The van der Waals surface area contributed by atoms with Crippen LogP contribution >= 0.6 is 0 Å². The van der Waals surface area contributed by atoms with E-state index < -0.39 is 0 Å². The van der Waals surface area contributed by atoms with Crippen LogP contribution in [0.2, 0.25) is 0 Å². The van der Waals surface area contributed by atoms with E-state index in [9.17, 15) is 0 Å². The van der Waals surface area contributed by atoms with Crippen LogP contribution in [-0.2, 0) is 0 Å². The van der Waals surface area contributed by atoms with Crippen molar-refractivity contribution in [3.8, 4) is 11.3 Å². The van der Waals surface area contributed by atoms with Crippen molar-refractivity contribution in [2.24, 2.45) is 0 Å². The second-order valence-electron chi connectivity index (χ2n) is 8.42. The fourth-order valence-electron chi connectivity index (χ4n) is 3.12. The van der Waals surface area contributed by atoms with Gasteiger partial charge in [-0.2, -0.15) is 4.98 Å². The van der Waals surface area contributed by atoms with Gasteiger partial charge in [0.05, 0.1) is 5.69 Å². The summed E-state index contributed by atoms with van der Waals surface area (Å²) in [6, 6.07) is 12.3. The maximum absolute atomic E-state index is 4.70. The van der Waals surface area contributed by atoms with Crippen LogP contribution in [0, 0.1) is 6.92 Å². The molecule has 0 atom stereocenters. The number of hydrogen-bond donors (Lipinski definition) is 2. The zero-order chi connectivity index (χ0) is 20.3. The third kappa shape index (κ3) is 5.06. The fourth-order valence-corrected chi connectivity index (χ4v) is 3.12. The lowest BCUT2D eigenvalue weighted by molar-refractivity contribution is 0.626. The lowest BCUT2D eigenvalue weighted by atomic mass is 9.98. The van der Waals surface area contributed by atoms with Crippen molar-refractivity contribution in [2.45, 2.75) is 53.0 Å². The number of anilines is 3. The first kappa shape index (κ1) is 19.8. The lowest BCUT2D eigenvalue weighted by Crippen LogP contribution is -2.27. The van der Waals surface area contributed by atoms with Crippen molar-refractivity contribution in [3.63, 3.8) is 0 Å². The third-order valence-electron chi connectivity index (χ3n) is 4.35. The van der Waals surface area contributed by atoms with Crippen LogP contribution < -0.4 is 10.6 Å². The Hall–Kier alpha value is -2.95. The molecule has 1 aromatic carbocycles. The minimum Gasteiger partial charge on any atom is -0.350 e. The maximum atomic E-state index is 4.70. The van der Waals surface area contributed by atoms with Gasteiger partial charge in [-0.15, -0.1) is 0 Å². The predicted octanol–water partition coefficient (Wildman–Crippen LogP) is 5.92. The van der Waals surface area contributed by atoms with E-state index in [1.54, 1.807) is 12.4 Å². The van der Waals surface area contributed by atoms with Crippen molar-refractivity contribution >= 4 is 17.5 Å². The van der Waals surface area contributed by atoms with E-state index in [1.807, 2.05) is 18.2 Å². The monoisotopic (exact) mass is 375 g/mol. The van der Waals surface area contributed by atoms with Gasteiger partial charge in [-0.1, -0.05) is 19.9 Å². The molecule has 0 aliphatic rings. The molecule has 0 aliphatic carbocycles. The summed E-state index contributed by atoms with van der Waals surface area (Å²) in [6.07, 6.45) is 3.55. The Bertz CT molecular complexity index is 943. The summed E-state index contributed by atoms with van der Waals surface area (Å²) in [5.41, 5.74) is 5.37. The van der Waals surface area contributed by atoms with Gasteiger partial charge in [0.15, 0.2) is 0 Å². The Morgan fingerprint density at radius 3 is 2.25 bits per heavy atom. The number of aryl methyl sites for hydroxylation is 1. The molecule has 0 radical (unpaired) electrons. The number of nitrogens with zero attached hydrogens (tertiary/aromatic N) is 3. The molecule has 0 fully saturated rings. The van der Waals surface area contributed by atoms with E-state index in [-0.39, 0.29) is 5.54 Å². The molecule has 5 nitrogen and oxygen atoms in total. The number of benzene rings is 1. The van der Waals surface area contributed by atoms with E-state index >= 15 is 0 Å². The van der Waals surface area contributed by atoms with Crippen molar-refractivity contribution in [3.05, 3.63) is 59.9 Å². The molecule has 3 rings (SSSR count).